The van der Waals surface area contributed by atoms with Crippen molar-refractivity contribution in [2.45, 2.75) is 45.1 Å². The minimum Gasteiger partial charge on any atom is -0.393 e. The second kappa shape index (κ2) is 7.84. The molecule has 1 atom stereocenters. The average molecular weight is 284 g/mol. The fraction of sp³-hybridized carbons (Fsp3) is 0.933. The van der Waals surface area contributed by atoms with Gasteiger partial charge in [0, 0.05) is 32.8 Å². The van der Waals surface area contributed by atoms with E-state index in [1.165, 1.54) is 12.8 Å². The van der Waals surface area contributed by atoms with Crippen molar-refractivity contribution in [3.8, 4) is 0 Å². The van der Waals surface area contributed by atoms with Gasteiger partial charge in [-0.3, -0.25) is 0 Å². The lowest BCUT2D eigenvalue weighted by Crippen LogP contribution is -2.46. The van der Waals surface area contributed by atoms with Crippen LogP contribution in [-0.2, 0) is 4.74 Å². The van der Waals surface area contributed by atoms with E-state index >= 15 is 0 Å². The summed E-state index contributed by atoms with van der Waals surface area (Å²) in [6.45, 7) is 5.64. The molecule has 1 saturated heterocycles. The minimum absolute atomic E-state index is 0.0243. The molecule has 2 N–H and O–H groups in total. The lowest BCUT2D eigenvalue weighted by atomic mass is 9.92. The number of aliphatic hydroxyl groups excluding tert-OH is 1. The molecule has 2 fully saturated rings. The Morgan fingerprint density at radius 1 is 1.35 bits per heavy atom. The van der Waals surface area contributed by atoms with Crippen molar-refractivity contribution in [2.24, 2.45) is 11.8 Å². The number of carbonyl (C=O) groups is 1. The van der Waals surface area contributed by atoms with Gasteiger partial charge in [0.1, 0.15) is 0 Å². The monoisotopic (exact) mass is 284 g/mol. The number of carbonyl (C=O) groups excluding carboxylic acids is 1. The van der Waals surface area contributed by atoms with E-state index in [1.54, 1.807) is 0 Å². The summed E-state index contributed by atoms with van der Waals surface area (Å²) in [7, 11) is 0. The van der Waals surface area contributed by atoms with Crippen LogP contribution in [0.1, 0.15) is 39.0 Å². The number of hydrogen-bond donors (Lipinski definition) is 2. The van der Waals surface area contributed by atoms with Crippen molar-refractivity contribution in [3.63, 3.8) is 0 Å². The van der Waals surface area contributed by atoms with E-state index in [-0.39, 0.29) is 12.1 Å². The number of nitrogens with zero attached hydrogens (tertiary/aromatic N) is 1. The molecule has 2 amide bonds. The van der Waals surface area contributed by atoms with Crippen molar-refractivity contribution in [3.05, 3.63) is 0 Å². The number of likely N-dealkylation sites (tertiary alicyclic amines) is 1. The lowest BCUT2D eigenvalue weighted by molar-refractivity contribution is 0.0795. The Bertz CT molecular complexity index is 297. The summed E-state index contributed by atoms with van der Waals surface area (Å²) in [6, 6.07) is 0.0243. The maximum absolute atomic E-state index is 11.9. The summed E-state index contributed by atoms with van der Waals surface area (Å²) in [5.74, 6) is 1.15. The molecule has 0 aromatic carbocycles. The fourth-order valence-electron chi connectivity index (χ4n) is 2.60. The third-order valence-corrected chi connectivity index (χ3v) is 4.30. The van der Waals surface area contributed by atoms with E-state index in [0.29, 0.717) is 12.5 Å². The maximum Gasteiger partial charge on any atom is 0.317 e. The van der Waals surface area contributed by atoms with Gasteiger partial charge in [0.05, 0.1) is 6.10 Å². The average Bonchev–Trinajstić information content (AvgIpc) is 3.26. The highest BCUT2D eigenvalue weighted by Gasteiger charge is 2.25. The second-order valence-corrected chi connectivity index (χ2v) is 6.17. The quantitative estimate of drug-likeness (QED) is 0.698. The highest BCUT2D eigenvalue weighted by Crippen LogP contribution is 2.28. The Morgan fingerprint density at radius 3 is 2.65 bits per heavy atom. The summed E-state index contributed by atoms with van der Waals surface area (Å²) in [6.07, 6.45) is 5.05. The first-order valence-electron chi connectivity index (χ1n) is 7.95. The Balaban J connectivity index is 1.49. The maximum atomic E-state index is 11.9. The zero-order chi connectivity index (χ0) is 14.4. The number of nitrogens with one attached hydrogen (secondary N) is 1. The highest BCUT2D eigenvalue weighted by molar-refractivity contribution is 5.74. The van der Waals surface area contributed by atoms with E-state index in [1.807, 2.05) is 11.8 Å². The number of amides is 2. The van der Waals surface area contributed by atoms with Gasteiger partial charge in [-0.15, -0.1) is 0 Å². The first kappa shape index (κ1) is 15.6. The van der Waals surface area contributed by atoms with Gasteiger partial charge in [-0.2, -0.15) is 0 Å². The Hall–Kier alpha value is -0.810. The molecule has 0 spiro atoms. The van der Waals surface area contributed by atoms with Gasteiger partial charge in [0.2, 0.25) is 0 Å². The Labute approximate surface area is 121 Å². The molecule has 20 heavy (non-hydrogen) atoms. The third kappa shape index (κ3) is 5.29. The standard InChI is InChI=1S/C15H28N2O3/c1-12(18)14-5-8-17(9-6-14)15(19)16-7-2-10-20-11-13-3-4-13/h12-14,18H,2-11H2,1H3,(H,16,19). The van der Waals surface area contributed by atoms with Gasteiger partial charge in [-0.05, 0) is 50.9 Å². The summed E-state index contributed by atoms with van der Waals surface area (Å²) in [4.78, 5) is 13.8. The largest absolute Gasteiger partial charge is 0.393 e. The Morgan fingerprint density at radius 2 is 2.05 bits per heavy atom. The molecule has 0 aromatic rings. The van der Waals surface area contributed by atoms with E-state index in [9.17, 15) is 9.90 Å². The number of aliphatic hydroxyl groups is 1. The summed E-state index contributed by atoms with van der Waals surface area (Å²) in [5, 5.41) is 12.5. The number of piperidine rings is 1. The van der Waals surface area contributed by atoms with Crippen LogP contribution in [0, 0.1) is 11.8 Å². The van der Waals surface area contributed by atoms with Crippen LogP contribution >= 0.6 is 0 Å². The number of rotatable bonds is 7. The van der Waals surface area contributed by atoms with Crippen molar-refractivity contribution in [1.29, 1.82) is 0 Å². The SMILES string of the molecule is CC(O)C1CCN(C(=O)NCCCOCC2CC2)CC1. The number of ether oxygens (including phenoxy) is 1. The molecular weight excluding hydrogens is 256 g/mol. The molecule has 5 nitrogen and oxygen atoms in total. The van der Waals surface area contributed by atoms with Gasteiger partial charge in [0.25, 0.3) is 0 Å². The summed E-state index contributed by atoms with van der Waals surface area (Å²) >= 11 is 0. The van der Waals surface area contributed by atoms with Crippen LogP contribution in [0.25, 0.3) is 0 Å². The van der Waals surface area contributed by atoms with Gasteiger partial charge in [-0.1, -0.05) is 0 Å². The molecule has 5 heteroatoms. The smallest absolute Gasteiger partial charge is 0.317 e. The fourth-order valence-corrected chi connectivity index (χ4v) is 2.60. The third-order valence-electron chi connectivity index (χ3n) is 4.30. The zero-order valence-electron chi connectivity index (χ0n) is 12.5. The molecule has 1 aliphatic carbocycles. The van der Waals surface area contributed by atoms with E-state index in [4.69, 9.17) is 4.74 Å². The van der Waals surface area contributed by atoms with Crippen molar-refractivity contribution >= 4 is 6.03 Å². The topological polar surface area (TPSA) is 61.8 Å². The predicted molar refractivity (Wildman–Crippen MR) is 77.5 cm³/mol. The summed E-state index contributed by atoms with van der Waals surface area (Å²) in [5.41, 5.74) is 0. The van der Waals surface area contributed by atoms with Gasteiger partial charge in [-0.25, -0.2) is 4.79 Å². The van der Waals surface area contributed by atoms with Crippen LogP contribution in [0.3, 0.4) is 0 Å². The molecule has 1 heterocycles. The predicted octanol–water partition coefficient (Wildman–Crippen LogP) is 1.61. The molecule has 2 aliphatic rings. The molecule has 1 aliphatic heterocycles. The second-order valence-electron chi connectivity index (χ2n) is 6.17. The van der Waals surface area contributed by atoms with Crippen molar-refractivity contribution in [1.82, 2.24) is 10.2 Å². The normalized spacial score (nSPS) is 21.8. The molecule has 1 unspecified atom stereocenters. The molecule has 0 bridgehead atoms. The van der Waals surface area contributed by atoms with Gasteiger partial charge in [0.15, 0.2) is 0 Å². The number of hydrogen-bond acceptors (Lipinski definition) is 3. The molecule has 2 rings (SSSR count). The van der Waals surface area contributed by atoms with Crippen LogP contribution in [0.15, 0.2) is 0 Å². The first-order chi connectivity index (χ1) is 9.66. The molecular formula is C15H28N2O3. The lowest BCUT2D eigenvalue weighted by Gasteiger charge is -2.33. The van der Waals surface area contributed by atoms with Crippen LogP contribution in [-0.4, -0.2) is 55.0 Å². The van der Waals surface area contributed by atoms with E-state index in [0.717, 1.165) is 51.5 Å². The van der Waals surface area contributed by atoms with E-state index < -0.39 is 0 Å². The first-order valence-corrected chi connectivity index (χ1v) is 7.95. The van der Waals surface area contributed by atoms with E-state index in [2.05, 4.69) is 5.32 Å². The van der Waals surface area contributed by atoms with Gasteiger partial charge >= 0.3 is 6.03 Å². The van der Waals surface area contributed by atoms with Crippen LogP contribution in [0.2, 0.25) is 0 Å². The van der Waals surface area contributed by atoms with Crippen LogP contribution in [0.5, 0.6) is 0 Å². The molecule has 116 valence electrons. The highest BCUT2D eigenvalue weighted by atomic mass is 16.5. The van der Waals surface area contributed by atoms with Crippen LogP contribution < -0.4 is 5.32 Å². The summed E-state index contributed by atoms with van der Waals surface area (Å²) < 4.78 is 5.53. The minimum atomic E-state index is -0.260. The van der Waals surface area contributed by atoms with Crippen molar-refractivity contribution in [2.75, 3.05) is 32.8 Å². The Kier molecular flexibility index (Phi) is 6.10. The van der Waals surface area contributed by atoms with Crippen molar-refractivity contribution < 1.29 is 14.6 Å². The molecule has 0 radical (unpaired) electrons. The molecule has 0 aromatic heterocycles. The van der Waals surface area contributed by atoms with Crippen LogP contribution in [0.4, 0.5) is 4.79 Å². The number of urea groups is 1. The van der Waals surface area contributed by atoms with Gasteiger partial charge < -0.3 is 20.1 Å². The zero-order valence-corrected chi connectivity index (χ0v) is 12.5. The molecule has 1 saturated carbocycles.